The predicted molar refractivity (Wildman–Crippen MR) is 458 cm³/mol. The normalized spacial score (nSPS) is 17.6. The minimum absolute atomic E-state index is 0.0281. The second-order valence-corrected chi connectivity index (χ2v) is 32.5. The first kappa shape index (κ1) is 88.7. The van der Waals surface area contributed by atoms with Crippen molar-refractivity contribution in [1.82, 2.24) is 40.9 Å². The van der Waals surface area contributed by atoms with Gasteiger partial charge >= 0.3 is 12.4 Å². The zero-order valence-corrected chi connectivity index (χ0v) is 69.3. The van der Waals surface area contributed by atoms with Crippen molar-refractivity contribution in [1.29, 1.82) is 0 Å². The van der Waals surface area contributed by atoms with E-state index in [9.17, 15) is 40.7 Å². The fourth-order valence-electron chi connectivity index (χ4n) is 15.0. The van der Waals surface area contributed by atoms with E-state index in [1.165, 1.54) is 12.1 Å². The number of aryl methyl sites for hydroxylation is 2. The highest BCUT2D eigenvalue weighted by Crippen LogP contribution is 2.42. The van der Waals surface area contributed by atoms with Crippen LogP contribution in [0.4, 0.5) is 73.6 Å². The Morgan fingerprint density at radius 3 is 1.23 bits per heavy atom. The zero-order valence-electron chi connectivity index (χ0n) is 69.3. The van der Waals surface area contributed by atoms with Crippen molar-refractivity contribution < 1.29 is 63.4 Å². The Kier molecular flexibility index (Phi) is 29.1. The van der Waals surface area contributed by atoms with Gasteiger partial charge in [0.15, 0.2) is 0 Å². The summed E-state index contributed by atoms with van der Waals surface area (Å²) in [5.74, 6) is -3.17. The number of piperazine rings is 3. The van der Waals surface area contributed by atoms with Crippen LogP contribution in [0.1, 0.15) is 71.8 Å². The molecule has 0 spiro atoms. The van der Waals surface area contributed by atoms with Gasteiger partial charge in [0.25, 0.3) is 17.7 Å². The Morgan fingerprint density at radius 2 is 0.833 bits per heavy atom. The lowest BCUT2D eigenvalue weighted by Crippen LogP contribution is -2.44. The van der Waals surface area contributed by atoms with Gasteiger partial charge in [0.05, 0.1) is 69.6 Å². The molecule has 7 aliphatic rings. The van der Waals surface area contributed by atoms with E-state index in [2.05, 4.69) is 91.7 Å². The first-order valence-corrected chi connectivity index (χ1v) is 40.5. The number of allylic oxidation sites excluding steroid dienone is 2. The van der Waals surface area contributed by atoms with E-state index < -0.39 is 58.1 Å². The molecule has 0 bridgehead atoms. The van der Waals surface area contributed by atoms with Crippen LogP contribution in [-0.4, -0.2) is 200 Å². The van der Waals surface area contributed by atoms with Crippen LogP contribution in [0.25, 0.3) is 33.4 Å². The van der Waals surface area contributed by atoms with Crippen LogP contribution in [0.15, 0.2) is 199 Å². The Bertz CT molecular complexity index is 5020. The highest BCUT2D eigenvalue weighted by Gasteiger charge is 2.42. The van der Waals surface area contributed by atoms with E-state index >= 15 is 13.2 Å². The van der Waals surface area contributed by atoms with E-state index in [0.29, 0.717) is 120 Å². The molecule has 5 saturated heterocycles. The van der Waals surface area contributed by atoms with Crippen LogP contribution < -0.4 is 51.9 Å². The van der Waals surface area contributed by atoms with E-state index in [1.807, 2.05) is 97.2 Å². The summed E-state index contributed by atoms with van der Waals surface area (Å²) in [6.07, 6.45) is -4.05. The van der Waals surface area contributed by atoms with Crippen molar-refractivity contribution in [3.8, 4) is 33.4 Å². The smallest absolute Gasteiger partial charge is 0.381 e. The fraction of sp³-hybridized carbons (Fsp3) is 0.380. The Balaban J connectivity index is 0.000000165. The molecule has 5 fully saturated rings. The molecule has 0 radical (unpaired) electrons. The second-order valence-electron chi connectivity index (χ2n) is 32.5. The quantitative estimate of drug-likeness (QED) is 0.0380. The maximum atomic E-state index is 15.2. The summed E-state index contributed by atoms with van der Waals surface area (Å²) in [5.41, 5.74) is 8.85. The molecular formula is C92H107F9N14O5. The predicted octanol–water partition coefficient (Wildman–Crippen LogP) is 15.4. The zero-order chi connectivity index (χ0) is 85.7. The van der Waals surface area contributed by atoms with Crippen molar-refractivity contribution >= 4 is 51.8 Å². The average molecular weight is 1660 g/mol. The first-order valence-electron chi connectivity index (χ1n) is 40.5. The molecule has 7 N–H and O–H groups in total. The third-order valence-electron chi connectivity index (χ3n) is 22.3. The Labute approximate surface area is 696 Å². The molecule has 0 aliphatic carbocycles. The maximum absolute atomic E-state index is 15.2. The minimum atomic E-state index is -4.75. The molecule has 7 aromatic rings. The SMILES string of the molecule is C=C1C=C(C(F)(F)F)C(C(=O)Nc2cc(-c3cc(CNC(C)(C)C)ccc3F)ccc2N2CCN(C)CC2)=CN1.C=C1C=C(C(F)(F)F)C(C(=O)Nc2cc(-c3cc(CNC4CCOCC4)ccc3F)ccc2N2CCN(C)CC2)=CN1.Cc1ccc(C(=O)Nc2cc(-c3cc(CN4CCOCC4)ccc3F)ccc2N2CCN(C)CC2)cc1C. The minimum Gasteiger partial charge on any atom is -0.381 e. The van der Waals surface area contributed by atoms with Crippen LogP contribution in [0.2, 0.25) is 0 Å². The molecule has 0 unspecified atom stereocenters. The van der Waals surface area contributed by atoms with E-state index in [-0.39, 0.29) is 28.7 Å². The number of hydrogen-bond acceptors (Lipinski definition) is 16. The number of benzene rings is 7. The molecule has 3 amide bonds. The van der Waals surface area contributed by atoms with Crippen molar-refractivity contribution in [3.05, 3.63) is 250 Å². The summed E-state index contributed by atoms with van der Waals surface area (Å²) in [7, 11) is 6.14. The lowest BCUT2D eigenvalue weighted by molar-refractivity contribution is -0.115. The summed E-state index contributed by atoms with van der Waals surface area (Å²) in [6, 6.07) is 37.5. The molecule has 120 heavy (non-hydrogen) atoms. The average Bonchev–Trinajstić information content (AvgIpc) is 0.798. The molecule has 7 aromatic carbocycles. The number of ether oxygens (including phenoxy) is 2. The highest BCUT2D eigenvalue weighted by atomic mass is 19.4. The van der Waals surface area contributed by atoms with Gasteiger partial charge in [0.2, 0.25) is 0 Å². The van der Waals surface area contributed by atoms with E-state index in [1.54, 1.807) is 66.7 Å². The summed E-state index contributed by atoms with van der Waals surface area (Å²) < 4.78 is 139. The number of carbonyl (C=O) groups is 3. The summed E-state index contributed by atoms with van der Waals surface area (Å²) in [5, 5.41) is 20.6. The van der Waals surface area contributed by atoms with Gasteiger partial charge < -0.3 is 76.1 Å². The standard InChI is InChI=1S/C31H35F4N5O2.C31H37FN4O2.C30H35F4N5O/c1-20-15-26(31(33,34)35)25(19-36-20)30(41)38-28-17-22(4-6-29(28)40-11-9-39(2)10-12-40)24-16-21(3-5-27(24)32)18-37-23-7-13-42-14-8-23;1-22-4-6-26(18-23(22)2)31(37)33-29-20-25(7-9-30(29)36-12-10-34(3)11-13-36)27-19-24(5-8-28(27)32)21-35-14-16-38-17-15-35;1-19-14-24(30(32,33)34)23(18-35-19)28(40)37-26-16-21(7-9-27(26)39-12-10-38(5)11-13-39)22-15-20(6-8-25(22)31)17-36-29(2,3)4/h3-6,15-17,19,23,36-37H,1,7-14,18H2,2H3,(H,38,41);4-9,18-20H,10-17,21H2,1-3H3,(H,33,37);6-9,14-16,18,35-36H,1,10-13,17H2,2-5H3,(H,37,40). The molecule has 7 heterocycles. The Hall–Kier alpha value is -10.6. The van der Waals surface area contributed by atoms with Gasteiger partial charge in [0, 0.05) is 182 Å². The van der Waals surface area contributed by atoms with Gasteiger partial charge in [-0.2, -0.15) is 26.3 Å². The van der Waals surface area contributed by atoms with Crippen LogP contribution in [-0.2, 0) is 38.7 Å². The molecular weight excluding hydrogens is 1550 g/mol. The number of likely N-dealkylation sites (N-methyl/N-ethyl adjacent to an activating group) is 3. The van der Waals surface area contributed by atoms with Crippen molar-refractivity contribution in [2.45, 2.75) is 91.0 Å². The molecule has 28 heteroatoms. The number of anilines is 6. The van der Waals surface area contributed by atoms with E-state index in [4.69, 9.17) is 9.47 Å². The molecule has 638 valence electrons. The van der Waals surface area contributed by atoms with Crippen LogP contribution in [0, 0.1) is 31.3 Å². The van der Waals surface area contributed by atoms with Gasteiger partial charge in [0.1, 0.15) is 17.5 Å². The molecule has 0 saturated carbocycles. The number of morpholine rings is 1. The number of nitrogens with zero attached hydrogens (tertiary/aromatic N) is 7. The number of alkyl halides is 6. The van der Waals surface area contributed by atoms with Crippen molar-refractivity contribution in [2.75, 3.05) is 170 Å². The molecule has 14 rings (SSSR count). The van der Waals surface area contributed by atoms with Crippen LogP contribution >= 0.6 is 0 Å². The maximum Gasteiger partial charge on any atom is 0.417 e. The summed E-state index contributed by atoms with van der Waals surface area (Å²) >= 11 is 0. The number of dihydropyridines is 2. The van der Waals surface area contributed by atoms with Gasteiger partial charge in [-0.25, -0.2) is 13.2 Å². The molecule has 0 atom stereocenters. The monoisotopic (exact) mass is 1660 g/mol. The molecule has 0 aromatic heterocycles. The van der Waals surface area contributed by atoms with Crippen LogP contribution in [0.5, 0.6) is 0 Å². The van der Waals surface area contributed by atoms with Crippen molar-refractivity contribution in [2.24, 2.45) is 0 Å². The number of rotatable bonds is 19. The highest BCUT2D eigenvalue weighted by molar-refractivity contribution is 6.11. The number of hydrogen-bond donors (Lipinski definition) is 7. The lowest BCUT2D eigenvalue weighted by atomic mass is 9.99. The van der Waals surface area contributed by atoms with Crippen molar-refractivity contribution in [3.63, 3.8) is 0 Å². The summed E-state index contributed by atoms with van der Waals surface area (Å²) in [6.45, 7) is 33.1. The number of amides is 3. The van der Waals surface area contributed by atoms with Gasteiger partial charge in [-0.1, -0.05) is 55.6 Å². The Morgan fingerprint density at radius 1 is 0.450 bits per heavy atom. The van der Waals surface area contributed by atoms with Gasteiger partial charge in [-0.3, -0.25) is 19.3 Å². The van der Waals surface area contributed by atoms with Crippen LogP contribution in [0.3, 0.4) is 0 Å². The number of nitrogens with one attached hydrogen (secondary N) is 7. The molecule has 19 nitrogen and oxygen atoms in total. The van der Waals surface area contributed by atoms with E-state index in [0.717, 1.165) is 162 Å². The largest absolute Gasteiger partial charge is 0.417 e. The summed E-state index contributed by atoms with van der Waals surface area (Å²) in [4.78, 5) is 55.3. The third kappa shape index (κ3) is 23.5. The lowest BCUT2D eigenvalue weighted by Gasteiger charge is -2.35. The number of carbonyl (C=O) groups excluding carboxylic acids is 3. The first-order chi connectivity index (χ1) is 57.2. The van der Waals surface area contributed by atoms with Gasteiger partial charge in [-0.05, 0) is 210 Å². The molecule has 7 aliphatic heterocycles. The number of halogens is 9. The topological polar surface area (TPSA) is 177 Å². The third-order valence-corrected chi connectivity index (χ3v) is 22.3. The van der Waals surface area contributed by atoms with Gasteiger partial charge in [-0.15, -0.1) is 0 Å². The second kappa shape index (κ2) is 39.3. The fourth-order valence-corrected chi connectivity index (χ4v) is 15.0.